The molecular weight excluding hydrogens is 383 g/mol. The van der Waals surface area contributed by atoms with Crippen molar-refractivity contribution < 1.29 is 13.9 Å². The standard InChI is InChI=1S/C23H29FN4O2/c1-16-8-9-18(17(2)14-16)21-15-28(12-13-30-21)23(25-3)27-11-10-26-22(29)19-6-4-5-7-20(19)24/h4-9,14,21H,10-13,15H2,1-3H3,(H,25,27)(H,26,29). The van der Waals surface area contributed by atoms with Gasteiger partial charge in [-0.15, -0.1) is 0 Å². The van der Waals surface area contributed by atoms with E-state index >= 15 is 0 Å². The molecule has 7 heteroatoms. The van der Waals surface area contributed by atoms with Crippen molar-refractivity contribution in [2.75, 3.05) is 39.8 Å². The van der Waals surface area contributed by atoms with E-state index in [-0.39, 0.29) is 11.7 Å². The predicted molar refractivity (Wildman–Crippen MR) is 116 cm³/mol. The van der Waals surface area contributed by atoms with Gasteiger partial charge in [0.2, 0.25) is 0 Å². The van der Waals surface area contributed by atoms with Crippen molar-refractivity contribution in [3.05, 3.63) is 70.5 Å². The summed E-state index contributed by atoms with van der Waals surface area (Å²) in [4.78, 5) is 18.6. The number of halogens is 1. The molecule has 2 aromatic rings. The molecule has 0 saturated carbocycles. The van der Waals surface area contributed by atoms with Gasteiger partial charge in [0.1, 0.15) is 11.9 Å². The average Bonchev–Trinajstić information content (AvgIpc) is 2.74. The van der Waals surface area contributed by atoms with E-state index in [1.807, 2.05) is 0 Å². The van der Waals surface area contributed by atoms with Crippen LogP contribution in [-0.2, 0) is 4.74 Å². The van der Waals surface area contributed by atoms with Crippen molar-refractivity contribution in [1.29, 1.82) is 0 Å². The number of nitrogens with zero attached hydrogens (tertiary/aromatic N) is 2. The van der Waals surface area contributed by atoms with Gasteiger partial charge in [-0.2, -0.15) is 0 Å². The summed E-state index contributed by atoms with van der Waals surface area (Å²) in [6.07, 6.45) is -0.0151. The Kier molecular flexibility index (Phi) is 7.41. The number of carbonyl (C=O) groups excluding carboxylic acids is 1. The molecule has 0 spiro atoms. The van der Waals surface area contributed by atoms with Crippen LogP contribution >= 0.6 is 0 Å². The highest BCUT2D eigenvalue weighted by Crippen LogP contribution is 2.25. The van der Waals surface area contributed by atoms with Crippen LogP contribution in [-0.4, -0.2) is 56.6 Å². The quantitative estimate of drug-likeness (QED) is 0.450. The number of hydrogen-bond donors (Lipinski definition) is 2. The van der Waals surface area contributed by atoms with Gasteiger partial charge in [0.05, 0.1) is 18.7 Å². The van der Waals surface area contributed by atoms with E-state index in [2.05, 4.69) is 52.6 Å². The highest BCUT2D eigenvalue weighted by molar-refractivity contribution is 5.94. The number of nitrogens with one attached hydrogen (secondary N) is 2. The fourth-order valence-corrected chi connectivity index (χ4v) is 3.64. The number of hydrogen-bond acceptors (Lipinski definition) is 3. The van der Waals surface area contributed by atoms with Crippen LogP contribution in [0.1, 0.15) is 33.2 Å². The zero-order chi connectivity index (χ0) is 21.5. The van der Waals surface area contributed by atoms with E-state index in [4.69, 9.17) is 4.74 Å². The van der Waals surface area contributed by atoms with Crippen LogP contribution in [0.3, 0.4) is 0 Å². The Bertz CT molecular complexity index is 916. The van der Waals surface area contributed by atoms with Crippen LogP contribution in [0.2, 0.25) is 0 Å². The van der Waals surface area contributed by atoms with Crippen LogP contribution in [0.15, 0.2) is 47.5 Å². The van der Waals surface area contributed by atoms with Crippen molar-refractivity contribution in [2.45, 2.75) is 20.0 Å². The van der Waals surface area contributed by atoms with Gasteiger partial charge < -0.3 is 20.3 Å². The lowest BCUT2D eigenvalue weighted by molar-refractivity contribution is -0.00829. The number of amides is 1. The summed E-state index contributed by atoms with van der Waals surface area (Å²) in [6, 6.07) is 12.4. The average molecular weight is 413 g/mol. The van der Waals surface area contributed by atoms with E-state index in [1.165, 1.54) is 28.8 Å². The van der Waals surface area contributed by atoms with Crippen molar-refractivity contribution in [3.63, 3.8) is 0 Å². The van der Waals surface area contributed by atoms with Crippen LogP contribution < -0.4 is 10.6 Å². The molecule has 160 valence electrons. The summed E-state index contributed by atoms with van der Waals surface area (Å²) in [7, 11) is 1.74. The zero-order valence-electron chi connectivity index (χ0n) is 17.7. The first kappa shape index (κ1) is 21.8. The third-order valence-corrected chi connectivity index (χ3v) is 5.16. The third-order valence-electron chi connectivity index (χ3n) is 5.16. The van der Waals surface area contributed by atoms with Gasteiger partial charge in [0.15, 0.2) is 5.96 Å². The summed E-state index contributed by atoms with van der Waals surface area (Å²) < 4.78 is 19.7. The van der Waals surface area contributed by atoms with Crippen LogP contribution in [0.4, 0.5) is 4.39 Å². The lowest BCUT2D eigenvalue weighted by Crippen LogP contribution is -2.49. The molecule has 6 nitrogen and oxygen atoms in total. The van der Waals surface area contributed by atoms with Crippen molar-refractivity contribution in [1.82, 2.24) is 15.5 Å². The molecule has 2 N–H and O–H groups in total. The molecule has 0 bridgehead atoms. The Morgan fingerprint density at radius 2 is 1.97 bits per heavy atom. The van der Waals surface area contributed by atoms with Gasteiger partial charge in [-0.05, 0) is 37.1 Å². The smallest absolute Gasteiger partial charge is 0.254 e. The largest absolute Gasteiger partial charge is 0.370 e. The normalized spacial score (nSPS) is 17.0. The molecule has 30 heavy (non-hydrogen) atoms. The number of benzene rings is 2. The summed E-state index contributed by atoms with van der Waals surface area (Å²) in [6.45, 7) is 7.09. The second-order valence-electron chi connectivity index (χ2n) is 7.38. The molecule has 1 aliphatic heterocycles. The molecule has 1 amide bonds. The zero-order valence-corrected chi connectivity index (χ0v) is 17.7. The summed E-state index contributed by atoms with van der Waals surface area (Å²) in [5.41, 5.74) is 3.70. The fourth-order valence-electron chi connectivity index (χ4n) is 3.64. The molecule has 1 atom stereocenters. The van der Waals surface area contributed by atoms with Crippen LogP contribution in [0.5, 0.6) is 0 Å². The maximum Gasteiger partial charge on any atom is 0.254 e. The van der Waals surface area contributed by atoms with Crippen molar-refractivity contribution >= 4 is 11.9 Å². The van der Waals surface area contributed by atoms with Gasteiger partial charge in [-0.1, -0.05) is 35.9 Å². The molecule has 0 aromatic heterocycles. The maximum atomic E-state index is 13.7. The molecule has 3 rings (SSSR count). The number of rotatable bonds is 5. The Morgan fingerprint density at radius 1 is 1.20 bits per heavy atom. The first-order chi connectivity index (χ1) is 14.5. The lowest BCUT2D eigenvalue weighted by Gasteiger charge is -2.35. The molecule has 0 radical (unpaired) electrons. The maximum absolute atomic E-state index is 13.7. The summed E-state index contributed by atoms with van der Waals surface area (Å²) >= 11 is 0. The Hall–Kier alpha value is -2.93. The SMILES string of the molecule is CN=C(NCCNC(=O)c1ccccc1F)N1CCOC(c2ccc(C)cc2C)C1. The van der Waals surface area contributed by atoms with Crippen LogP contribution in [0, 0.1) is 19.7 Å². The number of aliphatic imine (C=N–C) groups is 1. The molecule has 1 heterocycles. The molecule has 2 aromatic carbocycles. The second kappa shape index (κ2) is 10.2. The summed E-state index contributed by atoms with van der Waals surface area (Å²) in [5.74, 6) is -0.191. The highest BCUT2D eigenvalue weighted by atomic mass is 19.1. The monoisotopic (exact) mass is 412 g/mol. The van der Waals surface area contributed by atoms with Crippen molar-refractivity contribution in [2.24, 2.45) is 4.99 Å². The van der Waals surface area contributed by atoms with Crippen molar-refractivity contribution in [3.8, 4) is 0 Å². The number of guanidine groups is 1. The van der Waals surface area contributed by atoms with Gasteiger partial charge in [-0.25, -0.2) is 4.39 Å². The molecule has 1 aliphatic rings. The second-order valence-corrected chi connectivity index (χ2v) is 7.38. The highest BCUT2D eigenvalue weighted by Gasteiger charge is 2.25. The van der Waals surface area contributed by atoms with Crippen LogP contribution in [0.25, 0.3) is 0 Å². The molecule has 1 fully saturated rings. The Balaban J connectivity index is 1.52. The minimum atomic E-state index is -0.524. The molecule has 1 saturated heterocycles. The molecular formula is C23H29FN4O2. The Morgan fingerprint density at radius 3 is 2.70 bits per heavy atom. The first-order valence-electron chi connectivity index (χ1n) is 10.2. The lowest BCUT2D eigenvalue weighted by atomic mass is 10.00. The number of ether oxygens (including phenoxy) is 1. The van der Waals surface area contributed by atoms with E-state index in [1.54, 1.807) is 19.2 Å². The van der Waals surface area contributed by atoms with E-state index in [0.29, 0.717) is 26.2 Å². The third kappa shape index (κ3) is 5.36. The number of morpholine rings is 1. The first-order valence-corrected chi connectivity index (χ1v) is 10.2. The van der Waals surface area contributed by atoms with Gasteiger partial charge in [0.25, 0.3) is 5.91 Å². The van der Waals surface area contributed by atoms with Gasteiger partial charge in [-0.3, -0.25) is 9.79 Å². The predicted octanol–water partition coefficient (Wildman–Crippen LogP) is 2.82. The molecule has 1 unspecified atom stereocenters. The summed E-state index contributed by atoms with van der Waals surface area (Å²) in [5, 5.41) is 6.00. The minimum Gasteiger partial charge on any atom is -0.370 e. The van der Waals surface area contributed by atoms with E-state index < -0.39 is 11.7 Å². The number of aryl methyl sites for hydroxylation is 2. The number of carbonyl (C=O) groups is 1. The van der Waals surface area contributed by atoms with E-state index in [9.17, 15) is 9.18 Å². The van der Waals surface area contributed by atoms with E-state index in [0.717, 1.165) is 12.5 Å². The topological polar surface area (TPSA) is 66.0 Å². The van der Waals surface area contributed by atoms with Gasteiger partial charge in [0, 0.05) is 26.7 Å². The molecule has 0 aliphatic carbocycles. The fraction of sp³-hybridized carbons (Fsp3) is 0.391. The van der Waals surface area contributed by atoms with Gasteiger partial charge >= 0.3 is 0 Å². The minimum absolute atomic E-state index is 0.0151. The Labute approximate surface area is 177 Å².